The van der Waals surface area contributed by atoms with Crippen molar-refractivity contribution in [1.82, 2.24) is 4.98 Å². The number of aryl methyl sites for hydroxylation is 1. The largest absolute Gasteiger partial charge is 0.451 e. The van der Waals surface area contributed by atoms with Gasteiger partial charge in [0.25, 0.3) is 5.91 Å². The Morgan fingerprint density at radius 1 is 1.17 bits per heavy atom. The molecule has 152 valence electrons. The maximum Gasteiger partial charge on any atom is 0.361 e. The summed E-state index contributed by atoms with van der Waals surface area (Å²) in [6.45, 7) is 0.900. The van der Waals surface area contributed by atoms with E-state index in [9.17, 15) is 14.0 Å². The predicted octanol–water partition coefficient (Wildman–Crippen LogP) is 3.89. The quantitative estimate of drug-likeness (QED) is 0.551. The van der Waals surface area contributed by atoms with Gasteiger partial charge in [-0.15, -0.1) is 0 Å². The van der Waals surface area contributed by atoms with Crippen LogP contribution in [-0.2, 0) is 9.53 Å². The lowest BCUT2D eigenvalue weighted by atomic mass is 10.2. The third kappa shape index (κ3) is 4.70. The molecule has 0 aliphatic rings. The second-order valence-corrected chi connectivity index (χ2v) is 6.27. The standard InChI is InChI=1S/C22H18FN3O4/c1-15-20(25-21(30-15)16-8-3-2-4-9-16)22(28)29-14-19(27)26(13-7-12-24)18-11-6-5-10-17(18)23/h2-6,8-11H,7,13-14H2,1H3. The number of carbonyl (C=O) groups is 2. The molecule has 7 nitrogen and oxygen atoms in total. The number of halogens is 1. The number of carbonyl (C=O) groups excluding carboxylic acids is 2. The molecule has 0 N–H and O–H groups in total. The summed E-state index contributed by atoms with van der Waals surface area (Å²) in [6, 6.07) is 16.6. The molecule has 0 unspecified atom stereocenters. The molecule has 1 amide bonds. The van der Waals surface area contributed by atoms with Crippen molar-refractivity contribution in [2.24, 2.45) is 0 Å². The van der Waals surface area contributed by atoms with E-state index < -0.39 is 24.3 Å². The fourth-order valence-electron chi connectivity index (χ4n) is 2.78. The van der Waals surface area contributed by atoms with Crippen molar-refractivity contribution >= 4 is 17.6 Å². The van der Waals surface area contributed by atoms with Crippen molar-refractivity contribution in [2.75, 3.05) is 18.1 Å². The fourth-order valence-corrected chi connectivity index (χ4v) is 2.78. The van der Waals surface area contributed by atoms with Crippen molar-refractivity contribution in [3.8, 4) is 17.5 Å². The molecule has 3 aromatic rings. The Bertz CT molecular complexity index is 1090. The summed E-state index contributed by atoms with van der Waals surface area (Å²) in [4.78, 5) is 30.2. The van der Waals surface area contributed by atoms with Gasteiger partial charge in [0, 0.05) is 12.1 Å². The molecule has 2 aromatic carbocycles. The molecule has 1 heterocycles. The van der Waals surface area contributed by atoms with E-state index in [2.05, 4.69) is 4.98 Å². The van der Waals surface area contributed by atoms with Crippen molar-refractivity contribution in [1.29, 1.82) is 5.26 Å². The van der Waals surface area contributed by atoms with Crippen LogP contribution in [0.4, 0.5) is 10.1 Å². The minimum Gasteiger partial charge on any atom is -0.451 e. The van der Waals surface area contributed by atoms with Gasteiger partial charge in [-0.05, 0) is 31.2 Å². The van der Waals surface area contributed by atoms with E-state index in [4.69, 9.17) is 14.4 Å². The average Bonchev–Trinajstić information content (AvgIpc) is 3.16. The van der Waals surface area contributed by atoms with Crippen LogP contribution in [0.1, 0.15) is 22.7 Å². The molecule has 0 saturated carbocycles. The molecule has 8 heteroatoms. The fraction of sp³-hybridized carbons (Fsp3) is 0.182. The van der Waals surface area contributed by atoms with Crippen LogP contribution in [0.15, 0.2) is 59.0 Å². The number of anilines is 1. The van der Waals surface area contributed by atoms with Crippen LogP contribution in [-0.4, -0.2) is 30.0 Å². The van der Waals surface area contributed by atoms with Gasteiger partial charge in [0.2, 0.25) is 5.89 Å². The van der Waals surface area contributed by atoms with Gasteiger partial charge in [-0.2, -0.15) is 5.26 Å². The van der Waals surface area contributed by atoms with Crippen LogP contribution >= 0.6 is 0 Å². The van der Waals surface area contributed by atoms with Crippen LogP contribution in [0, 0.1) is 24.1 Å². The zero-order chi connectivity index (χ0) is 21.5. The predicted molar refractivity (Wildman–Crippen MR) is 106 cm³/mol. The number of esters is 1. The number of amides is 1. The average molecular weight is 407 g/mol. The topological polar surface area (TPSA) is 96.4 Å². The van der Waals surface area contributed by atoms with Gasteiger partial charge in [-0.25, -0.2) is 14.2 Å². The number of nitriles is 1. The Balaban J connectivity index is 1.71. The SMILES string of the molecule is Cc1oc(-c2ccccc2)nc1C(=O)OCC(=O)N(CCC#N)c1ccccc1F. The number of rotatable bonds is 7. The molecule has 0 aliphatic carbocycles. The number of hydrogen-bond acceptors (Lipinski definition) is 6. The molecule has 0 bridgehead atoms. The van der Waals surface area contributed by atoms with Gasteiger partial charge in [-0.3, -0.25) is 4.79 Å². The third-order valence-corrected chi connectivity index (χ3v) is 4.23. The number of oxazole rings is 1. The maximum absolute atomic E-state index is 14.1. The van der Waals surface area contributed by atoms with Crippen molar-refractivity contribution in [3.63, 3.8) is 0 Å². The van der Waals surface area contributed by atoms with Gasteiger partial charge in [0.1, 0.15) is 11.6 Å². The molecule has 0 fully saturated rings. The highest BCUT2D eigenvalue weighted by Crippen LogP contribution is 2.22. The third-order valence-electron chi connectivity index (χ3n) is 4.23. The normalized spacial score (nSPS) is 10.3. The van der Waals surface area contributed by atoms with Crippen LogP contribution < -0.4 is 4.90 Å². The highest BCUT2D eigenvalue weighted by atomic mass is 19.1. The number of benzene rings is 2. The minimum absolute atomic E-state index is 0.00312. The van der Waals surface area contributed by atoms with Crippen molar-refractivity contribution < 1.29 is 23.1 Å². The van der Waals surface area contributed by atoms with Crippen LogP contribution in [0.3, 0.4) is 0 Å². The Morgan fingerprint density at radius 3 is 2.57 bits per heavy atom. The first-order chi connectivity index (χ1) is 14.5. The van der Waals surface area contributed by atoms with Crippen molar-refractivity contribution in [3.05, 3.63) is 71.9 Å². The van der Waals surface area contributed by atoms with Gasteiger partial charge < -0.3 is 14.1 Å². The Labute approximate surface area is 172 Å². The molecule has 1 aromatic heterocycles. The molecular formula is C22H18FN3O4. The molecule has 0 radical (unpaired) electrons. The zero-order valence-corrected chi connectivity index (χ0v) is 16.2. The van der Waals surface area contributed by atoms with E-state index in [1.165, 1.54) is 18.2 Å². The molecule has 0 atom stereocenters. The number of para-hydroxylation sites is 1. The maximum atomic E-state index is 14.1. The number of nitrogens with zero attached hydrogens (tertiary/aromatic N) is 3. The highest BCUT2D eigenvalue weighted by Gasteiger charge is 2.23. The molecule has 30 heavy (non-hydrogen) atoms. The second-order valence-electron chi connectivity index (χ2n) is 6.27. The summed E-state index contributed by atoms with van der Waals surface area (Å²) in [5.41, 5.74) is 0.659. The van der Waals surface area contributed by atoms with E-state index in [-0.39, 0.29) is 36.0 Å². The Hall–Kier alpha value is -3.99. The van der Waals surface area contributed by atoms with Crippen molar-refractivity contribution in [2.45, 2.75) is 13.3 Å². The number of ether oxygens (including phenoxy) is 1. The molecule has 0 spiro atoms. The van der Waals surface area contributed by atoms with Crippen LogP contribution in [0.5, 0.6) is 0 Å². The lowest BCUT2D eigenvalue weighted by Crippen LogP contribution is -2.36. The molecule has 0 saturated heterocycles. The Kier molecular flexibility index (Phi) is 6.55. The van der Waals surface area contributed by atoms with E-state index in [0.717, 1.165) is 4.90 Å². The van der Waals surface area contributed by atoms with E-state index in [1.54, 1.807) is 25.1 Å². The minimum atomic E-state index is -0.833. The first-order valence-corrected chi connectivity index (χ1v) is 9.13. The number of hydrogen-bond donors (Lipinski definition) is 0. The molecule has 0 aliphatic heterocycles. The monoisotopic (exact) mass is 407 g/mol. The van der Waals surface area contributed by atoms with Gasteiger partial charge in [0.05, 0.1) is 18.2 Å². The molecule has 3 rings (SSSR count). The van der Waals surface area contributed by atoms with Gasteiger partial charge >= 0.3 is 5.97 Å². The first kappa shape index (κ1) is 20.7. The molecular weight excluding hydrogens is 389 g/mol. The zero-order valence-electron chi connectivity index (χ0n) is 16.2. The second kappa shape index (κ2) is 9.47. The summed E-state index contributed by atoms with van der Waals surface area (Å²) in [7, 11) is 0. The lowest BCUT2D eigenvalue weighted by molar-refractivity contribution is -0.121. The smallest absolute Gasteiger partial charge is 0.361 e. The number of aromatic nitrogens is 1. The highest BCUT2D eigenvalue weighted by molar-refractivity contribution is 5.97. The summed E-state index contributed by atoms with van der Waals surface area (Å²) >= 11 is 0. The summed E-state index contributed by atoms with van der Waals surface area (Å²) in [5, 5.41) is 8.82. The Morgan fingerprint density at radius 2 is 1.87 bits per heavy atom. The lowest BCUT2D eigenvalue weighted by Gasteiger charge is -2.22. The van der Waals surface area contributed by atoms with E-state index in [0.29, 0.717) is 5.56 Å². The van der Waals surface area contributed by atoms with E-state index in [1.807, 2.05) is 24.3 Å². The van der Waals surface area contributed by atoms with E-state index >= 15 is 0 Å². The summed E-state index contributed by atoms with van der Waals surface area (Å²) < 4.78 is 24.7. The van der Waals surface area contributed by atoms with Gasteiger partial charge in [0.15, 0.2) is 12.3 Å². The summed E-state index contributed by atoms with van der Waals surface area (Å²) in [6.07, 6.45) is -0.00312. The summed E-state index contributed by atoms with van der Waals surface area (Å²) in [5.74, 6) is -1.60. The van der Waals surface area contributed by atoms with Crippen LogP contribution in [0.25, 0.3) is 11.5 Å². The first-order valence-electron chi connectivity index (χ1n) is 9.13. The van der Waals surface area contributed by atoms with Gasteiger partial charge in [-0.1, -0.05) is 30.3 Å². The van der Waals surface area contributed by atoms with Crippen LogP contribution in [0.2, 0.25) is 0 Å².